The molecule has 1 aromatic carbocycles. The second-order valence-corrected chi connectivity index (χ2v) is 6.59. The number of benzene rings is 1. The van der Waals surface area contributed by atoms with Gasteiger partial charge in [0.05, 0.1) is 12.2 Å². The van der Waals surface area contributed by atoms with Gasteiger partial charge in [-0.2, -0.15) is 0 Å². The molecule has 0 atom stereocenters. The number of hydrogen-bond donors (Lipinski definition) is 0. The minimum Gasteiger partial charge on any atom is -0.308 e. The number of nitrogens with zero attached hydrogens (tertiary/aromatic N) is 1. The molecule has 2 rings (SSSR count). The van der Waals surface area contributed by atoms with E-state index in [1.807, 2.05) is 24.3 Å². The lowest BCUT2D eigenvalue weighted by atomic mass is 10.2. The molecular formula is C10H9Cl2NOS. The highest BCUT2D eigenvalue weighted by Gasteiger charge is 2.36. The summed E-state index contributed by atoms with van der Waals surface area (Å²) in [7, 11) is 0. The van der Waals surface area contributed by atoms with Crippen molar-refractivity contribution in [2.75, 3.05) is 11.4 Å². The van der Waals surface area contributed by atoms with E-state index in [0.29, 0.717) is 6.54 Å². The number of fused-ring (bicyclic) bond motifs is 1. The van der Waals surface area contributed by atoms with E-state index in [1.165, 1.54) is 18.7 Å². The fourth-order valence-corrected chi connectivity index (χ4v) is 3.19. The average molecular weight is 262 g/mol. The molecule has 0 aromatic heterocycles. The third-order valence-corrected chi connectivity index (χ3v) is 3.83. The summed E-state index contributed by atoms with van der Waals surface area (Å²) in [5.41, 5.74) is 0.881. The first-order chi connectivity index (χ1) is 6.99. The van der Waals surface area contributed by atoms with E-state index in [1.54, 1.807) is 4.90 Å². The Morgan fingerprint density at radius 1 is 1.47 bits per heavy atom. The van der Waals surface area contributed by atoms with Gasteiger partial charge in [-0.25, -0.2) is 0 Å². The van der Waals surface area contributed by atoms with Gasteiger partial charge in [-0.15, -0.1) is 0 Å². The Labute approximate surface area is 103 Å². The molecule has 0 aliphatic carbocycles. The van der Waals surface area contributed by atoms with Crippen LogP contribution in [-0.2, 0) is 4.79 Å². The summed E-state index contributed by atoms with van der Waals surface area (Å²) in [4.78, 5) is 14.0. The van der Waals surface area contributed by atoms with Gasteiger partial charge in [0.15, 0.2) is 3.67 Å². The quantitative estimate of drug-likeness (QED) is 0.669. The fourth-order valence-electron chi connectivity index (χ4n) is 1.51. The Morgan fingerprint density at radius 3 is 2.80 bits per heavy atom. The molecule has 0 unspecified atom stereocenters. The predicted octanol–water partition coefficient (Wildman–Crippen LogP) is 3.28. The number of hydrogen-bond acceptors (Lipinski definition) is 2. The van der Waals surface area contributed by atoms with Gasteiger partial charge in [0.25, 0.3) is 0 Å². The molecule has 0 spiro atoms. The van der Waals surface area contributed by atoms with Gasteiger partial charge in [-0.05, 0) is 12.1 Å². The van der Waals surface area contributed by atoms with Crippen LogP contribution in [0, 0.1) is 0 Å². The summed E-state index contributed by atoms with van der Waals surface area (Å²) >= 11 is 13.5. The summed E-state index contributed by atoms with van der Waals surface area (Å²) in [6.07, 6.45) is 0. The molecule has 0 bridgehead atoms. The van der Waals surface area contributed by atoms with Crippen molar-refractivity contribution in [2.24, 2.45) is 0 Å². The molecule has 80 valence electrons. The lowest BCUT2D eigenvalue weighted by molar-refractivity contribution is -0.116. The van der Waals surface area contributed by atoms with Gasteiger partial charge in [-0.3, -0.25) is 4.79 Å². The van der Waals surface area contributed by atoms with E-state index in [9.17, 15) is 4.79 Å². The van der Waals surface area contributed by atoms with Crippen LogP contribution in [0.1, 0.15) is 6.92 Å². The maximum Gasteiger partial charge on any atom is 0.224 e. The van der Waals surface area contributed by atoms with E-state index >= 15 is 0 Å². The highest BCUT2D eigenvalue weighted by Crippen LogP contribution is 2.48. The zero-order valence-corrected chi connectivity index (χ0v) is 10.4. The van der Waals surface area contributed by atoms with Crippen molar-refractivity contribution >= 4 is 46.6 Å². The number of alkyl halides is 2. The predicted molar refractivity (Wildman–Crippen MR) is 64.8 cm³/mol. The van der Waals surface area contributed by atoms with Crippen LogP contribution in [0.5, 0.6) is 0 Å². The van der Waals surface area contributed by atoms with Crippen LogP contribution in [0.25, 0.3) is 0 Å². The molecule has 0 N–H and O–H groups in total. The van der Waals surface area contributed by atoms with Crippen molar-refractivity contribution < 1.29 is 4.79 Å². The van der Waals surface area contributed by atoms with Gasteiger partial charge in [0, 0.05) is 11.8 Å². The monoisotopic (exact) mass is 261 g/mol. The van der Waals surface area contributed by atoms with Crippen molar-refractivity contribution in [1.29, 1.82) is 0 Å². The van der Waals surface area contributed by atoms with Gasteiger partial charge in [0.1, 0.15) is 0 Å². The Hall–Kier alpha value is -0.380. The standard InChI is InChI=1S/C10H9Cl2NOS/c1-7(14)13-6-10(11,12)15-9-5-3-2-4-8(9)13/h2-5H,6H2,1H3. The first kappa shape index (κ1) is 11.1. The molecular weight excluding hydrogens is 253 g/mol. The first-order valence-electron chi connectivity index (χ1n) is 4.43. The van der Waals surface area contributed by atoms with E-state index in [2.05, 4.69) is 0 Å². The van der Waals surface area contributed by atoms with Crippen molar-refractivity contribution in [1.82, 2.24) is 0 Å². The maximum absolute atomic E-state index is 11.4. The van der Waals surface area contributed by atoms with Crippen LogP contribution in [0.15, 0.2) is 29.2 Å². The second-order valence-electron chi connectivity index (χ2n) is 3.31. The van der Waals surface area contributed by atoms with Crippen molar-refractivity contribution in [3.63, 3.8) is 0 Å². The van der Waals surface area contributed by atoms with Crippen molar-refractivity contribution in [3.05, 3.63) is 24.3 Å². The highest BCUT2D eigenvalue weighted by molar-refractivity contribution is 8.03. The third-order valence-electron chi connectivity index (χ3n) is 2.14. The molecule has 1 heterocycles. The van der Waals surface area contributed by atoms with E-state index in [-0.39, 0.29) is 5.91 Å². The molecule has 5 heteroatoms. The molecule has 0 radical (unpaired) electrons. The number of carbonyl (C=O) groups excluding carboxylic acids is 1. The Bertz CT molecular complexity index is 408. The zero-order chi connectivity index (χ0) is 11.1. The minimum atomic E-state index is -0.958. The summed E-state index contributed by atoms with van der Waals surface area (Å²) in [5.74, 6) is -0.0478. The number of halogens is 2. The lowest BCUT2D eigenvalue weighted by Gasteiger charge is -2.35. The zero-order valence-electron chi connectivity index (χ0n) is 8.04. The summed E-state index contributed by atoms with van der Waals surface area (Å²) in [6, 6.07) is 7.60. The smallest absolute Gasteiger partial charge is 0.224 e. The van der Waals surface area contributed by atoms with Crippen molar-refractivity contribution in [2.45, 2.75) is 15.5 Å². The fraction of sp³-hybridized carbons (Fsp3) is 0.300. The molecule has 1 amide bonds. The number of carbonyl (C=O) groups is 1. The summed E-state index contributed by atoms with van der Waals surface area (Å²) in [6.45, 7) is 1.82. The molecule has 0 saturated carbocycles. The van der Waals surface area contributed by atoms with Crippen LogP contribution >= 0.6 is 35.0 Å². The first-order valence-corrected chi connectivity index (χ1v) is 6.01. The highest BCUT2D eigenvalue weighted by atomic mass is 35.5. The van der Waals surface area contributed by atoms with E-state index < -0.39 is 3.67 Å². The third kappa shape index (κ3) is 2.25. The number of para-hydroxylation sites is 1. The number of amides is 1. The molecule has 1 aromatic rings. The van der Waals surface area contributed by atoms with Gasteiger partial charge >= 0.3 is 0 Å². The normalized spacial score (nSPS) is 18.5. The second kappa shape index (κ2) is 3.89. The Kier molecular flexibility index (Phi) is 2.88. The number of anilines is 1. The van der Waals surface area contributed by atoms with Crippen LogP contribution in [0.3, 0.4) is 0 Å². The molecule has 2 nitrogen and oxygen atoms in total. The Balaban J connectivity index is 2.47. The SMILES string of the molecule is CC(=O)N1CC(Cl)(Cl)Sc2ccccc21. The van der Waals surface area contributed by atoms with Gasteiger partial charge in [-0.1, -0.05) is 47.1 Å². The Morgan fingerprint density at radius 2 is 2.13 bits per heavy atom. The minimum absolute atomic E-state index is 0.0478. The maximum atomic E-state index is 11.4. The van der Waals surface area contributed by atoms with Crippen LogP contribution in [-0.4, -0.2) is 16.1 Å². The number of rotatable bonds is 0. The largest absolute Gasteiger partial charge is 0.308 e. The van der Waals surface area contributed by atoms with E-state index in [0.717, 1.165) is 10.6 Å². The van der Waals surface area contributed by atoms with Crippen LogP contribution < -0.4 is 4.90 Å². The van der Waals surface area contributed by atoms with Crippen LogP contribution in [0.4, 0.5) is 5.69 Å². The number of thioether (sulfide) groups is 1. The van der Waals surface area contributed by atoms with Gasteiger partial charge in [0.2, 0.25) is 5.91 Å². The van der Waals surface area contributed by atoms with E-state index in [4.69, 9.17) is 23.2 Å². The molecule has 0 fully saturated rings. The molecule has 1 aliphatic heterocycles. The summed E-state index contributed by atoms with van der Waals surface area (Å²) in [5, 5.41) is 0. The average Bonchev–Trinajstić information content (AvgIpc) is 2.14. The summed E-state index contributed by atoms with van der Waals surface area (Å²) < 4.78 is -0.958. The lowest BCUT2D eigenvalue weighted by Crippen LogP contribution is -2.40. The molecule has 0 saturated heterocycles. The topological polar surface area (TPSA) is 20.3 Å². The molecule has 15 heavy (non-hydrogen) atoms. The van der Waals surface area contributed by atoms with Crippen molar-refractivity contribution in [3.8, 4) is 0 Å². The van der Waals surface area contributed by atoms with Gasteiger partial charge < -0.3 is 4.90 Å². The van der Waals surface area contributed by atoms with Crippen LogP contribution in [0.2, 0.25) is 0 Å². The molecule has 1 aliphatic rings.